The molecule has 3 amide bonds. The van der Waals surface area contributed by atoms with Gasteiger partial charge in [-0.2, -0.15) is 0 Å². The highest BCUT2D eigenvalue weighted by Crippen LogP contribution is 2.26. The SMILES string of the molecule is CCOC(=O)N1CCN(C(=O)CSCC(=O)Nc2nc(-c3ccc(Cl)cc3)cs2)CC1. The van der Waals surface area contributed by atoms with Crippen molar-refractivity contribution >= 4 is 57.7 Å². The molecule has 0 aliphatic carbocycles. The number of thioether (sulfide) groups is 1. The van der Waals surface area contributed by atoms with Crippen LogP contribution in [-0.4, -0.2) is 77.0 Å². The summed E-state index contributed by atoms with van der Waals surface area (Å²) < 4.78 is 4.97. The van der Waals surface area contributed by atoms with Crippen molar-refractivity contribution in [2.45, 2.75) is 6.92 Å². The van der Waals surface area contributed by atoms with E-state index < -0.39 is 0 Å². The molecule has 2 heterocycles. The van der Waals surface area contributed by atoms with Crippen molar-refractivity contribution in [3.8, 4) is 11.3 Å². The molecule has 166 valence electrons. The monoisotopic (exact) mass is 482 g/mol. The zero-order valence-electron chi connectivity index (χ0n) is 17.0. The van der Waals surface area contributed by atoms with Gasteiger partial charge in [0, 0.05) is 42.1 Å². The quantitative estimate of drug-likeness (QED) is 0.650. The van der Waals surface area contributed by atoms with E-state index >= 15 is 0 Å². The average Bonchev–Trinajstić information content (AvgIpc) is 3.22. The summed E-state index contributed by atoms with van der Waals surface area (Å²) in [5.41, 5.74) is 1.69. The first-order valence-electron chi connectivity index (χ1n) is 9.74. The predicted octanol–water partition coefficient (Wildman–Crippen LogP) is 3.44. The van der Waals surface area contributed by atoms with Gasteiger partial charge >= 0.3 is 6.09 Å². The lowest BCUT2D eigenvalue weighted by Gasteiger charge is -2.34. The van der Waals surface area contributed by atoms with Crippen LogP contribution in [0.5, 0.6) is 0 Å². The third-order valence-corrected chi connectivity index (χ3v) is 6.43. The number of aromatic nitrogens is 1. The molecule has 1 fully saturated rings. The minimum absolute atomic E-state index is 0.0411. The predicted molar refractivity (Wildman–Crippen MR) is 124 cm³/mol. The summed E-state index contributed by atoms with van der Waals surface area (Å²) in [6, 6.07) is 7.33. The maximum atomic E-state index is 12.3. The number of hydrogen-bond acceptors (Lipinski definition) is 7. The number of carbonyl (C=O) groups excluding carboxylic acids is 3. The molecule has 2 aromatic rings. The molecule has 1 aromatic heterocycles. The average molecular weight is 483 g/mol. The lowest BCUT2D eigenvalue weighted by molar-refractivity contribution is -0.129. The fourth-order valence-electron chi connectivity index (χ4n) is 2.92. The van der Waals surface area contributed by atoms with Crippen molar-refractivity contribution in [1.29, 1.82) is 0 Å². The minimum Gasteiger partial charge on any atom is -0.450 e. The first-order valence-corrected chi connectivity index (χ1v) is 12.2. The van der Waals surface area contributed by atoms with Crippen LogP contribution in [0.3, 0.4) is 0 Å². The number of carbonyl (C=O) groups is 3. The van der Waals surface area contributed by atoms with Crippen molar-refractivity contribution in [2.75, 3.05) is 49.6 Å². The number of ether oxygens (including phenoxy) is 1. The fourth-order valence-corrected chi connectivity index (χ4v) is 4.49. The molecule has 1 aliphatic rings. The van der Waals surface area contributed by atoms with Crippen molar-refractivity contribution in [3.05, 3.63) is 34.7 Å². The smallest absolute Gasteiger partial charge is 0.409 e. The van der Waals surface area contributed by atoms with Crippen molar-refractivity contribution in [3.63, 3.8) is 0 Å². The molecule has 8 nitrogen and oxygen atoms in total. The molecule has 0 saturated carbocycles. The van der Waals surface area contributed by atoms with E-state index in [-0.39, 0.29) is 29.4 Å². The number of nitrogens with one attached hydrogen (secondary N) is 1. The third-order valence-electron chi connectivity index (χ3n) is 4.51. The van der Waals surface area contributed by atoms with E-state index in [0.717, 1.165) is 11.3 Å². The van der Waals surface area contributed by atoms with E-state index in [2.05, 4.69) is 10.3 Å². The Hall–Kier alpha value is -2.30. The highest BCUT2D eigenvalue weighted by molar-refractivity contribution is 8.00. The molecule has 0 bridgehead atoms. The molecule has 1 saturated heterocycles. The summed E-state index contributed by atoms with van der Waals surface area (Å²) in [4.78, 5) is 44.0. The van der Waals surface area contributed by atoms with Gasteiger partial charge in [0.2, 0.25) is 11.8 Å². The van der Waals surface area contributed by atoms with Crippen LogP contribution >= 0.6 is 34.7 Å². The Morgan fingerprint density at radius 1 is 1.13 bits per heavy atom. The molecule has 0 atom stereocenters. The Morgan fingerprint density at radius 2 is 1.81 bits per heavy atom. The molecule has 0 spiro atoms. The number of amides is 3. The number of halogens is 1. The van der Waals surface area contributed by atoms with Gasteiger partial charge in [-0.05, 0) is 19.1 Å². The molecular formula is C20H23ClN4O4S2. The van der Waals surface area contributed by atoms with E-state index in [4.69, 9.17) is 16.3 Å². The number of hydrogen-bond donors (Lipinski definition) is 1. The fraction of sp³-hybridized carbons (Fsp3) is 0.400. The van der Waals surface area contributed by atoms with Crippen molar-refractivity contribution < 1.29 is 19.1 Å². The normalized spacial score (nSPS) is 13.7. The van der Waals surface area contributed by atoms with Gasteiger partial charge in [-0.1, -0.05) is 23.7 Å². The van der Waals surface area contributed by atoms with Crippen LogP contribution in [0.15, 0.2) is 29.6 Å². The third kappa shape index (κ3) is 6.84. The topological polar surface area (TPSA) is 91.8 Å². The Balaban J connectivity index is 1.37. The Morgan fingerprint density at radius 3 is 2.48 bits per heavy atom. The first-order chi connectivity index (χ1) is 15.0. The van der Waals surface area contributed by atoms with Gasteiger partial charge in [-0.3, -0.25) is 9.59 Å². The summed E-state index contributed by atoms with van der Waals surface area (Å²) in [5.74, 6) is 0.119. The van der Waals surface area contributed by atoms with Gasteiger partial charge in [0.05, 0.1) is 23.8 Å². The summed E-state index contributed by atoms with van der Waals surface area (Å²) >= 11 is 8.50. The number of piperazine rings is 1. The van der Waals surface area contributed by atoms with Crippen molar-refractivity contribution in [2.24, 2.45) is 0 Å². The van der Waals surface area contributed by atoms with E-state index in [1.165, 1.54) is 23.1 Å². The van der Waals surface area contributed by atoms with Crippen LogP contribution in [0.4, 0.5) is 9.93 Å². The molecule has 0 unspecified atom stereocenters. The van der Waals surface area contributed by atoms with E-state index in [1.807, 2.05) is 17.5 Å². The van der Waals surface area contributed by atoms with Crippen LogP contribution in [-0.2, 0) is 14.3 Å². The van der Waals surface area contributed by atoms with Gasteiger partial charge in [0.15, 0.2) is 5.13 Å². The van der Waals surface area contributed by atoms with Gasteiger partial charge in [-0.15, -0.1) is 23.1 Å². The Labute approximate surface area is 193 Å². The summed E-state index contributed by atoms with van der Waals surface area (Å²) in [6.07, 6.45) is -0.345. The molecule has 1 aliphatic heterocycles. The van der Waals surface area contributed by atoms with E-state index in [0.29, 0.717) is 42.9 Å². The molecular weight excluding hydrogens is 460 g/mol. The maximum absolute atomic E-state index is 12.3. The Kier molecular flexibility index (Phi) is 8.56. The zero-order chi connectivity index (χ0) is 22.2. The van der Waals surface area contributed by atoms with Crippen LogP contribution in [0.1, 0.15) is 6.92 Å². The number of anilines is 1. The van der Waals surface area contributed by atoms with Gasteiger partial charge in [0.1, 0.15) is 0 Å². The van der Waals surface area contributed by atoms with E-state index in [9.17, 15) is 14.4 Å². The zero-order valence-corrected chi connectivity index (χ0v) is 19.4. The Bertz CT molecular complexity index is 914. The summed E-state index contributed by atoms with van der Waals surface area (Å²) in [6.45, 7) is 3.94. The van der Waals surface area contributed by atoms with Crippen LogP contribution in [0, 0.1) is 0 Å². The second-order valence-corrected chi connectivity index (χ2v) is 8.93. The first kappa shape index (κ1) is 23.4. The summed E-state index contributed by atoms with van der Waals surface area (Å²) in [5, 5.41) is 5.80. The lowest BCUT2D eigenvalue weighted by Crippen LogP contribution is -2.51. The number of benzene rings is 1. The summed E-state index contributed by atoms with van der Waals surface area (Å²) in [7, 11) is 0. The lowest BCUT2D eigenvalue weighted by atomic mass is 10.2. The van der Waals surface area contributed by atoms with Gasteiger partial charge < -0.3 is 19.9 Å². The molecule has 3 rings (SSSR count). The van der Waals surface area contributed by atoms with Gasteiger partial charge in [0.25, 0.3) is 0 Å². The number of rotatable bonds is 7. The second-order valence-electron chi connectivity index (χ2n) is 6.65. The molecule has 31 heavy (non-hydrogen) atoms. The standard InChI is InChI=1S/C20H23ClN4O4S2/c1-2-29-20(28)25-9-7-24(8-10-25)18(27)13-30-12-17(26)23-19-22-16(11-31-19)14-3-5-15(21)6-4-14/h3-6,11H,2,7-10,12-13H2,1H3,(H,22,23,26). The molecule has 1 aromatic carbocycles. The van der Waals surface area contributed by atoms with Crippen LogP contribution < -0.4 is 5.32 Å². The molecule has 11 heteroatoms. The van der Waals surface area contributed by atoms with Crippen molar-refractivity contribution in [1.82, 2.24) is 14.8 Å². The van der Waals surface area contributed by atoms with Crippen LogP contribution in [0.25, 0.3) is 11.3 Å². The highest BCUT2D eigenvalue weighted by atomic mass is 35.5. The van der Waals surface area contributed by atoms with Crippen LogP contribution in [0.2, 0.25) is 5.02 Å². The minimum atomic E-state index is -0.345. The maximum Gasteiger partial charge on any atom is 0.409 e. The largest absolute Gasteiger partial charge is 0.450 e. The second kappa shape index (κ2) is 11.4. The number of nitrogens with zero attached hydrogens (tertiary/aromatic N) is 3. The van der Waals surface area contributed by atoms with E-state index in [1.54, 1.807) is 28.9 Å². The highest BCUT2D eigenvalue weighted by Gasteiger charge is 2.24. The molecule has 1 N–H and O–H groups in total. The van der Waals surface area contributed by atoms with Gasteiger partial charge in [-0.25, -0.2) is 9.78 Å². The number of thiazole rings is 1. The molecule has 0 radical (unpaired) electrons.